The Morgan fingerprint density at radius 3 is 1.97 bits per heavy atom. The Hall–Kier alpha value is -1.23. The van der Waals surface area contributed by atoms with Crippen molar-refractivity contribution in [2.24, 2.45) is 11.8 Å². The third kappa shape index (κ3) is 6.42. The largest absolute Gasteiger partial charge is 0.481 e. The quantitative estimate of drug-likeness (QED) is 0.489. The molecular formula is C22H38N2O7S. The van der Waals surface area contributed by atoms with E-state index >= 15 is 0 Å². The van der Waals surface area contributed by atoms with Gasteiger partial charge in [-0.25, -0.2) is 13.1 Å². The Morgan fingerprint density at radius 1 is 0.812 bits per heavy atom. The molecule has 3 aliphatic carbocycles. The normalized spacial score (nSPS) is 36.4. The number of carboxylic acids is 1. The van der Waals surface area contributed by atoms with Crippen LogP contribution in [0.2, 0.25) is 0 Å². The first-order valence-corrected chi connectivity index (χ1v) is 13.4. The number of carbonyl (C=O) groups excluding carboxylic acids is 1. The molecule has 3 aliphatic rings. The minimum atomic E-state index is -3.73. The van der Waals surface area contributed by atoms with Gasteiger partial charge in [0.25, 0.3) is 0 Å². The van der Waals surface area contributed by atoms with Gasteiger partial charge in [0.2, 0.25) is 15.9 Å². The first-order valence-electron chi connectivity index (χ1n) is 11.8. The fourth-order valence-corrected chi connectivity index (χ4v) is 7.48. The van der Waals surface area contributed by atoms with Crippen molar-refractivity contribution < 1.29 is 32.6 Å². The molecule has 3 saturated carbocycles. The van der Waals surface area contributed by atoms with Gasteiger partial charge in [-0.1, -0.05) is 0 Å². The molecule has 0 aliphatic heterocycles. The van der Waals surface area contributed by atoms with Crippen LogP contribution >= 0.6 is 0 Å². The molecule has 1 amide bonds. The molecule has 0 aromatic carbocycles. The van der Waals surface area contributed by atoms with Gasteiger partial charge in [-0.3, -0.25) is 9.59 Å². The fourth-order valence-electron chi connectivity index (χ4n) is 5.48. The molecule has 0 bridgehead atoms. The number of hydrogen-bond acceptors (Lipinski definition) is 6. The predicted octanol–water partition coefficient (Wildman–Crippen LogP) is 1.81. The topological polar surface area (TPSA) is 131 Å². The van der Waals surface area contributed by atoms with Crippen LogP contribution in [0.4, 0.5) is 0 Å². The van der Waals surface area contributed by atoms with E-state index in [0.29, 0.717) is 44.6 Å². The van der Waals surface area contributed by atoms with E-state index in [1.165, 1.54) is 7.11 Å². The molecule has 3 rings (SSSR count). The van der Waals surface area contributed by atoms with Crippen molar-refractivity contribution in [3.63, 3.8) is 0 Å². The lowest BCUT2D eigenvalue weighted by Crippen LogP contribution is -2.51. The van der Waals surface area contributed by atoms with Crippen molar-refractivity contribution in [2.75, 3.05) is 14.2 Å². The zero-order valence-corrected chi connectivity index (χ0v) is 19.9. The molecular weight excluding hydrogens is 436 g/mol. The summed E-state index contributed by atoms with van der Waals surface area (Å²) >= 11 is 0. The molecule has 3 N–H and O–H groups in total. The van der Waals surface area contributed by atoms with E-state index in [9.17, 15) is 23.1 Å². The molecule has 10 heteroatoms. The molecule has 0 heterocycles. The fraction of sp³-hybridized carbons (Fsp3) is 0.909. The smallest absolute Gasteiger partial charge is 0.306 e. The second-order valence-corrected chi connectivity index (χ2v) is 11.5. The first kappa shape index (κ1) is 25.4. The summed E-state index contributed by atoms with van der Waals surface area (Å²) < 4.78 is 39.6. The van der Waals surface area contributed by atoms with Gasteiger partial charge in [-0.2, -0.15) is 0 Å². The van der Waals surface area contributed by atoms with Crippen molar-refractivity contribution in [1.29, 1.82) is 0 Å². The van der Waals surface area contributed by atoms with Gasteiger partial charge in [-0.15, -0.1) is 0 Å². The van der Waals surface area contributed by atoms with Crippen LogP contribution in [0.1, 0.15) is 70.6 Å². The first-order chi connectivity index (χ1) is 15.2. The summed E-state index contributed by atoms with van der Waals surface area (Å²) in [5.74, 6) is -1.64. The van der Waals surface area contributed by atoms with Gasteiger partial charge < -0.3 is 19.9 Å². The lowest BCUT2D eigenvalue weighted by atomic mass is 9.85. The number of sulfonamides is 1. The summed E-state index contributed by atoms with van der Waals surface area (Å²) in [5.41, 5.74) is 0. The number of hydrogen-bond donors (Lipinski definition) is 3. The minimum absolute atomic E-state index is 0.0617. The van der Waals surface area contributed by atoms with E-state index in [1.807, 2.05) is 0 Å². The maximum absolute atomic E-state index is 13.0. The van der Waals surface area contributed by atoms with E-state index in [1.54, 1.807) is 7.11 Å². The maximum Gasteiger partial charge on any atom is 0.306 e. The standard InChI is InChI=1S/C22H38N2O7S/c1-30-18-10-8-16(9-11-18)23-21(25)14-3-6-17(7-4-14)24-32(28,29)20-13-15(22(26)27)5-12-19(20)31-2/h14-20,24H,3-13H2,1-2H3,(H,23,25)(H,26,27). The highest BCUT2D eigenvalue weighted by Gasteiger charge is 2.42. The number of nitrogens with one attached hydrogen (secondary N) is 2. The van der Waals surface area contributed by atoms with Crippen molar-refractivity contribution in [3.05, 3.63) is 0 Å². The van der Waals surface area contributed by atoms with Gasteiger partial charge in [-0.05, 0) is 70.6 Å². The summed E-state index contributed by atoms with van der Waals surface area (Å²) in [5, 5.41) is 11.6. The second-order valence-electron chi connectivity index (χ2n) is 9.59. The summed E-state index contributed by atoms with van der Waals surface area (Å²) in [4.78, 5) is 24.1. The van der Waals surface area contributed by atoms with Crippen LogP contribution in [-0.2, 0) is 29.1 Å². The van der Waals surface area contributed by atoms with Gasteiger partial charge in [0.1, 0.15) is 5.25 Å². The van der Waals surface area contributed by atoms with Gasteiger partial charge in [0, 0.05) is 32.2 Å². The second kappa shape index (κ2) is 11.3. The number of ether oxygens (including phenoxy) is 2. The lowest BCUT2D eigenvalue weighted by molar-refractivity contribution is -0.143. The lowest BCUT2D eigenvalue weighted by Gasteiger charge is -2.35. The maximum atomic E-state index is 13.0. The number of rotatable bonds is 8. The van der Waals surface area contributed by atoms with Gasteiger partial charge >= 0.3 is 5.97 Å². The van der Waals surface area contributed by atoms with E-state index in [0.717, 1.165) is 25.7 Å². The molecule has 0 spiro atoms. The summed E-state index contributed by atoms with van der Waals surface area (Å²) in [6.07, 6.45) is 6.95. The van der Waals surface area contributed by atoms with E-state index in [2.05, 4.69) is 10.0 Å². The molecule has 0 aromatic heterocycles. The monoisotopic (exact) mass is 474 g/mol. The molecule has 3 unspecified atom stereocenters. The Morgan fingerprint density at radius 2 is 1.41 bits per heavy atom. The van der Waals surface area contributed by atoms with E-state index < -0.39 is 33.3 Å². The number of carboxylic acid groups (broad SMARTS) is 1. The summed E-state index contributed by atoms with van der Waals surface area (Å²) in [7, 11) is -0.531. The Bertz CT molecular complexity index is 743. The minimum Gasteiger partial charge on any atom is -0.481 e. The third-order valence-corrected chi connectivity index (χ3v) is 9.52. The number of amides is 1. The Labute approximate surface area is 191 Å². The SMILES string of the molecule is COC1CCC(NC(=O)C2CCC(NS(=O)(=O)C3CC(C(=O)O)CCC3OC)CC2)CC1. The molecule has 184 valence electrons. The van der Waals surface area contributed by atoms with Crippen molar-refractivity contribution in [1.82, 2.24) is 10.0 Å². The third-order valence-electron chi connectivity index (χ3n) is 7.56. The van der Waals surface area contributed by atoms with Crippen molar-refractivity contribution in [3.8, 4) is 0 Å². The molecule has 0 aromatic rings. The number of carbonyl (C=O) groups is 2. The van der Waals surface area contributed by atoms with Gasteiger partial charge in [0.05, 0.1) is 18.1 Å². The Balaban J connectivity index is 1.48. The van der Waals surface area contributed by atoms with Crippen LogP contribution in [0.25, 0.3) is 0 Å². The number of aliphatic carboxylic acids is 1. The Kier molecular flexibility index (Phi) is 8.94. The van der Waals surface area contributed by atoms with Crippen LogP contribution in [0.15, 0.2) is 0 Å². The number of methoxy groups -OCH3 is 2. The van der Waals surface area contributed by atoms with E-state index in [-0.39, 0.29) is 30.3 Å². The van der Waals surface area contributed by atoms with Crippen molar-refractivity contribution >= 4 is 21.9 Å². The van der Waals surface area contributed by atoms with Crippen LogP contribution in [0.5, 0.6) is 0 Å². The average molecular weight is 475 g/mol. The highest BCUT2D eigenvalue weighted by atomic mass is 32.2. The molecule has 3 atom stereocenters. The zero-order valence-electron chi connectivity index (χ0n) is 19.1. The molecule has 3 fully saturated rings. The molecule has 32 heavy (non-hydrogen) atoms. The van der Waals surface area contributed by atoms with Crippen LogP contribution < -0.4 is 10.0 Å². The van der Waals surface area contributed by atoms with E-state index in [4.69, 9.17) is 9.47 Å². The molecule has 0 radical (unpaired) electrons. The summed E-state index contributed by atoms with van der Waals surface area (Å²) in [6, 6.07) is -0.0338. The zero-order chi connectivity index (χ0) is 23.3. The van der Waals surface area contributed by atoms with Crippen molar-refractivity contribution in [2.45, 2.75) is 100 Å². The van der Waals surface area contributed by atoms with Crippen LogP contribution in [0, 0.1) is 11.8 Å². The summed E-state index contributed by atoms with van der Waals surface area (Å²) in [6.45, 7) is 0. The molecule has 9 nitrogen and oxygen atoms in total. The van der Waals surface area contributed by atoms with Gasteiger partial charge in [0.15, 0.2) is 0 Å². The molecule has 0 saturated heterocycles. The highest BCUT2D eigenvalue weighted by molar-refractivity contribution is 7.90. The highest BCUT2D eigenvalue weighted by Crippen LogP contribution is 2.32. The average Bonchev–Trinajstić information content (AvgIpc) is 2.79. The van der Waals surface area contributed by atoms with Crippen LogP contribution in [-0.4, -0.2) is 69.2 Å². The predicted molar refractivity (Wildman–Crippen MR) is 119 cm³/mol. The van der Waals surface area contributed by atoms with Crippen LogP contribution in [0.3, 0.4) is 0 Å².